The number of rotatable bonds is 10. The van der Waals surface area contributed by atoms with Crippen molar-refractivity contribution in [2.24, 2.45) is 17.8 Å². The molecule has 3 N–H and O–H groups in total. The predicted molar refractivity (Wildman–Crippen MR) is 99.1 cm³/mol. The number of carbonyl (C=O) groups is 1. The lowest BCUT2D eigenvalue weighted by Crippen LogP contribution is -2.17. The molecule has 25 heavy (non-hydrogen) atoms. The fourth-order valence-electron chi connectivity index (χ4n) is 4.07. The third-order valence-corrected chi connectivity index (χ3v) is 5.42. The number of aliphatic carboxylic acids is 1. The highest BCUT2D eigenvalue weighted by molar-refractivity contribution is 5.66. The molecular weight excluding hydrogens is 316 g/mol. The number of unbranched alkanes of at least 4 members (excludes halogenated alkanes) is 2. The van der Waals surface area contributed by atoms with Crippen LogP contribution in [0.5, 0.6) is 0 Å². The molecule has 1 fully saturated rings. The summed E-state index contributed by atoms with van der Waals surface area (Å²) in [6.07, 6.45) is 15.9. The Bertz CT molecular complexity index is 520. The van der Waals surface area contributed by atoms with Crippen LogP contribution in [0.4, 0.5) is 0 Å². The molecule has 140 valence electrons. The fourth-order valence-corrected chi connectivity index (χ4v) is 4.07. The molecule has 2 aliphatic rings. The van der Waals surface area contributed by atoms with Crippen molar-refractivity contribution in [3.05, 3.63) is 36.0 Å². The average molecular weight is 348 g/mol. The second-order valence-electron chi connectivity index (χ2n) is 7.44. The molecular formula is C21H32O4. The van der Waals surface area contributed by atoms with Gasteiger partial charge in [0.05, 0.1) is 12.2 Å². The number of aliphatic hydroxyl groups excluding tert-OH is 2. The molecule has 2 rings (SSSR count). The Morgan fingerprint density at radius 2 is 2.20 bits per heavy atom. The Balaban J connectivity index is 1.84. The van der Waals surface area contributed by atoms with Gasteiger partial charge in [-0.25, -0.2) is 0 Å². The van der Waals surface area contributed by atoms with Crippen LogP contribution in [-0.2, 0) is 4.79 Å². The normalized spacial score (nSPS) is 30.1. The van der Waals surface area contributed by atoms with Gasteiger partial charge in [0.15, 0.2) is 0 Å². The van der Waals surface area contributed by atoms with Gasteiger partial charge in [-0.05, 0) is 37.5 Å². The third kappa shape index (κ3) is 6.12. The number of aliphatic hydroxyl groups is 2. The third-order valence-electron chi connectivity index (χ3n) is 5.42. The van der Waals surface area contributed by atoms with Gasteiger partial charge in [-0.3, -0.25) is 4.79 Å². The molecule has 4 heteroatoms. The summed E-state index contributed by atoms with van der Waals surface area (Å²) >= 11 is 0. The number of carboxylic acids is 1. The number of carboxylic acid groups (broad SMARTS) is 1. The van der Waals surface area contributed by atoms with Gasteiger partial charge < -0.3 is 15.3 Å². The average Bonchev–Trinajstić information content (AvgIpc) is 3.06. The maximum absolute atomic E-state index is 10.5. The SMILES string of the molecule is CCCCC[C@H](O)C=C[C@H]1[C@H]2CC(C=CCCC(=O)O)=C[C@H]2C[C@H]1O. The van der Waals surface area contributed by atoms with Gasteiger partial charge in [0, 0.05) is 12.3 Å². The van der Waals surface area contributed by atoms with Gasteiger partial charge >= 0.3 is 5.97 Å². The van der Waals surface area contributed by atoms with E-state index in [9.17, 15) is 15.0 Å². The highest BCUT2D eigenvalue weighted by Gasteiger charge is 2.42. The van der Waals surface area contributed by atoms with Gasteiger partial charge in [0.2, 0.25) is 0 Å². The molecule has 0 aromatic carbocycles. The second kappa shape index (κ2) is 9.93. The summed E-state index contributed by atoms with van der Waals surface area (Å²) < 4.78 is 0. The Morgan fingerprint density at radius 1 is 1.40 bits per heavy atom. The molecule has 0 saturated heterocycles. The van der Waals surface area contributed by atoms with E-state index in [2.05, 4.69) is 13.0 Å². The van der Waals surface area contributed by atoms with Crippen LogP contribution in [0.15, 0.2) is 36.0 Å². The molecule has 0 heterocycles. The van der Waals surface area contributed by atoms with Crippen LogP contribution < -0.4 is 0 Å². The Hall–Kier alpha value is -1.39. The monoisotopic (exact) mass is 348 g/mol. The van der Waals surface area contributed by atoms with Crippen LogP contribution >= 0.6 is 0 Å². The minimum absolute atomic E-state index is 0.104. The maximum Gasteiger partial charge on any atom is 0.303 e. The van der Waals surface area contributed by atoms with E-state index in [-0.39, 0.29) is 18.4 Å². The highest BCUT2D eigenvalue weighted by atomic mass is 16.4. The summed E-state index contributed by atoms with van der Waals surface area (Å²) in [6, 6.07) is 0. The van der Waals surface area contributed by atoms with E-state index in [1.54, 1.807) is 0 Å². The first-order chi connectivity index (χ1) is 12.0. The zero-order valence-corrected chi connectivity index (χ0v) is 15.2. The van der Waals surface area contributed by atoms with E-state index in [0.29, 0.717) is 18.3 Å². The maximum atomic E-state index is 10.5. The lowest BCUT2D eigenvalue weighted by atomic mass is 9.89. The molecule has 0 aromatic rings. The highest BCUT2D eigenvalue weighted by Crippen LogP contribution is 2.47. The quantitative estimate of drug-likeness (QED) is 0.414. The van der Waals surface area contributed by atoms with E-state index in [1.807, 2.05) is 24.3 Å². The molecule has 4 nitrogen and oxygen atoms in total. The standard InChI is InChI=1S/C21H32O4/c1-2-3-4-8-17(22)10-11-18-19-13-15(7-5-6-9-21(24)25)12-16(19)14-20(18)23/h5,7,10-12,16-20,22-23H,2-4,6,8-9,13-14H2,1H3,(H,24,25)/t16-,17-,18-,19-,20+/m0/s1. The van der Waals surface area contributed by atoms with Gasteiger partial charge in [0.1, 0.15) is 0 Å². The first kappa shape index (κ1) is 19.9. The molecule has 2 aliphatic carbocycles. The number of fused-ring (bicyclic) bond motifs is 1. The minimum Gasteiger partial charge on any atom is -0.481 e. The van der Waals surface area contributed by atoms with Gasteiger partial charge in [-0.2, -0.15) is 0 Å². The Kier molecular flexibility index (Phi) is 7.91. The van der Waals surface area contributed by atoms with E-state index in [0.717, 1.165) is 38.5 Å². The zero-order chi connectivity index (χ0) is 18.2. The summed E-state index contributed by atoms with van der Waals surface area (Å²) in [4.78, 5) is 10.5. The van der Waals surface area contributed by atoms with Crippen molar-refractivity contribution in [2.45, 2.75) is 70.5 Å². The molecule has 0 radical (unpaired) electrons. The van der Waals surface area contributed by atoms with Gasteiger partial charge in [-0.1, -0.05) is 62.1 Å². The summed E-state index contributed by atoms with van der Waals surface area (Å²) in [5, 5.41) is 29.1. The van der Waals surface area contributed by atoms with E-state index in [4.69, 9.17) is 5.11 Å². The molecule has 0 aromatic heterocycles. The van der Waals surface area contributed by atoms with Gasteiger partial charge in [-0.15, -0.1) is 0 Å². The molecule has 5 atom stereocenters. The van der Waals surface area contributed by atoms with Crippen molar-refractivity contribution in [3.63, 3.8) is 0 Å². The van der Waals surface area contributed by atoms with Crippen molar-refractivity contribution in [3.8, 4) is 0 Å². The molecule has 0 spiro atoms. The first-order valence-corrected chi connectivity index (χ1v) is 9.64. The van der Waals surface area contributed by atoms with Crippen molar-refractivity contribution >= 4 is 5.97 Å². The summed E-state index contributed by atoms with van der Waals surface area (Å²) in [5.74, 6) is 0.119. The van der Waals surface area contributed by atoms with Crippen molar-refractivity contribution in [1.29, 1.82) is 0 Å². The van der Waals surface area contributed by atoms with Gasteiger partial charge in [0.25, 0.3) is 0 Å². The number of hydrogen-bond acceptors (Lipinski definition) is 3. The largest absolute Gasteiger partial charge is 0.481 e. The van der Waals surface area contributed by atoms with Crippen LogP contribution in [0.1, 0.15) is 58.3 Å². The smallest absolute Gasteiger partial charge is 0.303 e. The molecule has 0 amide bonds. The lowest BCUT2D eigenvalue weighted by molar-refractivity contribution is -0.136. The molecule has 0 bridgehead atoms. The van der Waals surface area contributed by atoms with Crippen molar-refractivity contribution in [1.82, 2.24) is 0 Å². The van der Waals surface area contributed by atoms with Crippen LogP contribution in [-0.4, -0.2) is 33.5 Å². The predicted octanol–water partition coefficient (Wildman–Crippen LogP) is 3.85. The topological polar surface area (TPSA) is 77.8 Å². The fraction of sp³-hybridized carbons (Fsp3) is 0.667. The lowest BCUT2D eigenvalue weighted by Gasteiger charge is -2.18. The molecule has 0 aliphatic heterocycles. The van der Waals surface area contributed by atoms with E-state index < -0.39 is 12.1 Å². The van der Waals surface area contributed by atoms with Crippen molar-refractivity contribution in [2.75, 3.05) is 0 Å². The van der Waals surface area contributed by atoms with Crippen LogP contribution in [0.2, 0.25) is 0 Å². The van der Waals surface area contributed by atoms with E-state index >= 15 is 0 Å². The minimum atomic E-state index is -0.771. The van der Waals surface area contributed by atoms with Crippen molar-refractivity contribution < 1.29 is 20.1 Å². The van der Waals surface area contributed by atoms with Crippen LogP contribution in [0.3, 0.4) is 0 Å². The summed E-state index contributed by atoms with van der Waals surface area (Å²) in [7, 11) is 0. The van der Waals surface area contributed by atoms with E-state index in [1.165, 1.54) is 5.57 Å². The van der Waals surface area contributed by atoms with Crippen LogP contribution in [0, 0.1) is 17.8 Å². The molecule has 0 unspecified atom stereocenters. The second-order valence-corrected chi connectivity index (χ2v) is 7.44. The first-order valence-electron chi connectivity index (χ1n) is 9.64. The summed E-state index contributed by atoms with van der Waals surface area (Å²) in [5.41, 5.74) is 1.24. The number of allylic oxidation sites excluding steroid dienone is 4. The van der Waals surface area contributed by atoms with Crippen LogP contribution in [0.25, 0.3) is 0 Å². The Labute approximate surface area is 151 Å². The molecule has 1 saturated carbocycles. The Morgan fingerprint density at radius 3 is 2.92 bits per heavy atom. The number of hydrogen-bond donors (Lipinski definition) is 3. The zero-order valence-electron chi connectivity index (χ0n) is 15.2. The summed E-state index contributed by atoms with van der Waals surface area (Å²) in [6.45, 7) is 2.15.